The second kappa shape index (κ2) is 8.54. The summed E-state index contributed by atoms with van der Waals surface area (Å²) in [7, 11) is 0. The van der Waals surface area contributed by atoms with E-state index in [9.17, 15) is 14.0 Å². The van der Waals surface area contributed by atoms with Gasteiger partial charge in [0.15, 0.2) is 0 Å². The number of hydrogen-bond acceptors (Lipinski definition) is 4. The number of carbonyl (C=O) groups excluding carboxylic acids is 2. The number of likely N-dealkylation sites (tertiary alicyclic amines) is 1. The number of aryl methyl sites for hydroxylation is 1. The third-order valence-corrected chi connectivity index (χ3v) is 6.87. The fourth-order valence-electron chi connectivity index (χ4n) is 5.15. The fraction of sp³-hybridized carbons (Fsp3) is 0.440. The van der Waals surface area contributed by atoms with Gasteiger partial charge in [0.2, 0.25) is 5.91 Å². The molecule has 0 saturated carbocycles. The number of amides is 2. The van der Waals surface area contributed by atoms with Crippen LogP contribution in [0.15, 0.2) is 48.5 Å². The van der Waals surface area contributed by atoms with Crippen molar-refractivity contribution in [1.29, 1.82) is 0 Å². The first-order valence-corrected chi connectivity index (χ1v) is 11.4. The van der Waals surface area contributed by atoms with E-state index in [-0.39, 0.29) is 17.8 Å². The number of benzene rings is 2. The van der Waals surface area contributed by atoms with Crippen molar-refractivity contribution in [2.75, 3.05) is 42.5 Å². The average molecular weight is 438 g/mol. The molecule has 2 aromatic carbocycles. The first-order valence-electron chi connectivity index (χ1n) is 11.4. The summed E-state index contributed by atoms with van der Waals surface area (Å²) in [5, 5.41) is 0. The predicted octanol–water partition coefficient (Wildman–Crippen LogP) is 3.99. The minimum Gasteiger partial charge on any atom is -0.441 e. The Morgan fingerprint density at radius 1 is 1.00 bits per heavy atom. The molecule has 3 aliphatic heterocycles. The van der Waals surface area contributed by atoms with E-state index in [2.05, 4.69) is 11.0 Å². The largest absolute Gasteiger partial charge is 0.441 e. The van der Waals surface area contributed by atoms with Crippen LogP contribution in [0.1, 0.15) is 31.2 Å². The first-order chi connectivity index (χ1) is 15.5. The Hall–Kier alpha value is -2.93. The van der Waals surface area contributed by atoms with Crippen LogP contribution in [0.4, 0.5) is 20.6 Å². The number of halogens is 1. The molecule has 3 heterocycles. The zero-order valence-electron chi connectivity index (χ0n) is 18.1. The molecular formula is C25H28FN3O3. The second-order valence-corrected chi connectivity index (χ2v) is 9.02. The lowest BCUT2D eigenvalue weighted by atomic mass is 9.95. The fourth-order valence-corrected chi connectivity index (χ4v) is 5.15. The van der Waals surface area contributed by atoms with E-state index in [0.717, 1.165) is 44.5 Å². The molecule has 1 unspecified atom stereocenters. The van der Waals surface area contributed by atoms with Crippen LogP contribution in [0.3, 0.4) is 0 Å². The highest BCUT2D eigenvalue weighted by Crippen LogP contribution is 2.36. The Kier molecular flexibility index (Phi) is 5.59. The van der Waals surface area contributed by atoms with Gasteiger partial charge in [0.05, 0.1) is 13.1 Å². The average Bonchev–Trinajstić information content (AvgIpc) is 3.00. The SMILES string of the molecule is O=C1OC2(CCCN(CC(=O)N3CCCc4ccccc43)CC2)CN1c1ccc(F)cc1. The van der Waals surface area contributed by atoms with Crippen molar-refractivity contribution < 1.29 is 18.7 Å². The highest BCUT2D eigenvalue weighted by molar-refractivity contribution is 5.96. The minimum absolute atomic E-state index is 0.129. The summed E-state index contributed by atoms with van der Waals surface area (Å²) in [5.41, 5.74) is 2.37. The highest BCUT2D eigenvalue weighted by Gasteiger charge is 2.46. The molecule has 2 amide bonds. The van der Waals surface area contributed by atoms with Crippen LogP contribution < -0.4 is 9.80 Å². The Labute approximate surface area is 187 Å². The molecule has 2 aromatic rings. The predicted molar refractivity (Wildman–Crippen MR) is 120 cm³/mol. The molecule has 32 heavy (non-hydrogen) atoms. The van der Waals surface area contributed by atoms with E-state index in [0.29, 0.717) is 31.7 Å². The standard InChI is InChI=1S/C25H28FN3O3/c26-20-8-10-21(11-9-20)29-18-25(32-24(29)31)12-4-14-27(16-13-25)17-23(30)28-15-3-6-19-5-1-2-7-22(19)28/h1-2,5,7-11H,3-4,6,12-18H2. The molecule has 0 aliphatic carbocycles. The molecule has 1 spiro atoms. The van der Waals surface area contributed by atoms with Crippen molar-refractivity contribution >= 4 is 23.4 Å². The summed E-state index contributed by atoms with van der Waals surface area (Å²) < 4.78 is 19.1. The van der Waals surface area contributed by atoms with Crippen LogP contribution >= 0.6 is 0 Å². The van der Waals surface area contributed by atoms with Gasteiger partial charge in [-0.15, -0.1) is 0 Å². The van der Waals surface area contributed by atoms with Gasteiger partial charge in [0, 0.05) is 30.9 Å². The van der Waals surface area contributed by atoms with E-state index in [1.807, 2.05) is 23.1 Å². The Bertz CT molecular complexity index is 1010. The number of nitrogens with zero attached hydrogens (tertiary/aromatic N) is 3. The highest BCUT2D eigenvalue weighted by atomic mass is 19.1. The molecule has 0 radical (unpaired) electrons. The second-order valence-electron chi connectivity index (χ2n) is 9.02. The molecule has 168 valence electrons. The van der Waals surface area contributed by atoms with Crippen LogP contribution in [-0.2, 0) is 16.0 Å². The topological polar surface area (TPSA) is 53.1 Å². The van der Waals surface area contributed by atoms with E-state index in [1.165, 1.54) is 17.7 Å². The number of fused-ring (bicyclic) bond motifs is 1. The Balaban J connectivity index is 1.23. The molecule has 3 aliphatic rings. The van der Waals surface area contributed by atoms with Gasteiger partial charge >= 0.3 is 6.09 Å². The Morgan fingerprint density at radius 3 is 2.66 bits per heavy atom. The lowest BCUT2D eigenvalue weighted by Crippen LogP contribution is -2.43. The van der Waals surface area contributed by atoms with Crippen LogP contribution in [0, 0.1) is 5.82 Å². The number of rotatable bonds is 3. The van der Waals surface area contributed by atoms with Gasteiger partial charge < -0.3 is 9.64 Å². The number of ether oxygens (including phenoxy) is 1. The molecule has 6 nitrogen and oxygen atoms in total. The van der Waals surface area contributed by atoms with E-state index in [4.69, 9.17) is 4.74 Å². The molecule has 1 atom stereocenters. The lowest BCUT2D eigenvalue weighted by molar-refractivity contribution is -0.119. The molecule has 2 fully saturated rings. The van der Waals surface area contributed by atoms with Gasteiger partial charge in [0.25, 0.3) is 0 Å². The van der Waals surface area contributed by atoms with Gasteiger partial charge in [-0.2, -0.15) is 0 Å². The summed E-state index contributed by atoms with van der Waals surface area (Å²) >= 11 is 0. The third-order valence-electron chi connectivity index (χ3n) is 6.87. The summed E-state index contributed by atoms with van der Waals surface area (Å²) in [4.78, 5) is 31.4. The summed E-state index contributed by atoms with van der Waals surface area (Å²) in [6.45, 7) is 3.10. The van der Waals surface area contributed by atoms with Crippen LogP contribution in [0.2, 0.25) is 0 Å². The summed E-state index contributed by atoms with van der Waals surface area (Å²) in [6.07, 6.45) is 3.91. The van der Waals surface area contributed by atoms with Crippen LogP contribution in [0.25, 0.3) is 0 Å². The molecule has 5 rings (SSSR count). The Morgan fingerprint density at radius 2 is 1.81 bits per heavy atom. The van der Waals surface area contributed by atoms with Crippen molar-refractivity contribution in [3.63, 3.8) is 0 Å². The smallest absolute Gasteiger partial charge is 0.415 e. The van der Waals surface area contributed by atoms with E-state index in [1.54, 1.807) is 17.0 Å². The van der Waals surface area contributed by atoms with E-state index >= 15 is 0 Å². The van der Waals surface area contributed by atoms with Gasteiger partial charge in [0.1, 0.15) is 11.4 Å². The van der Waals surface area contributed by atoms with Gasteiger partial charge in [-0.25, -0.2) is 9.18 Å². The lowest BCUT2D eigenvalue weighted by Gasteiger charge is -2.31. The zero-order valence-corrected chi connectivity index (χ0v) is 18.1. The van der Waals surface area contributed by atoms with E-state index < -0.39 is 5.60 Å². The maximum atomic E-state index is 13.3. The monoisotopic (exact) mass is 437 g/mol. The normalized spacial score (nSPS) is 23.7. The molecule has 0 N–H and O–H groups in total. The number of anilines is 2. The summed E-state index contributed by atoms with van der Waals surface area (Å²) in [6, 6.07) is 14.1. The van der Waals surface area contributed by atoms with Crippen LogP contribution in [0.5, 0.6) is 0 Å². The summed E-state index contributed by atoms with van der Waals surface area (Å²) in [5.74, 6) is -0.202. The maximum Gasteiger partial charge on any atom is 0.415 e. The van der Waals surface area contributed by atoms with Crippen molar-refractivity contribution in [2.24, 2.45) is 0 Å². The maximum absolute atomic E-state index is 13.3. The van der Waals surface area contributed by atoms with Gasteiger partial charge in [-0.1, -0.05) is 18.2 Å². The van der Waals surface area contributed by atoms with Gasteiger partial charge in [-0.3, -0.25) is 14.6 Å². The number of carbonyl (C=O) groups is 2. The van der Waals surface area contributed by atoms with Crippen LogP contribution in [-0.4, -0.2) is 55.2 Å². The molecule has 0 aromatic heterocycles. The molecule has 7 heteroatoms. The quantitative estimate of drug-likeness (QED) is 0.729. The van der Waals surface area contributed by atoms with Crippen molar-refractivity contribution in [2.45, 2.75) is 37.7 Å². The molecule has 0 bridgehead atoms. The van der Waals surface area contributed by atoms with Crippen molar-refractivity contribution in [3.05, 3.63) is 59.9 Å². The zero-order chi connectivity index (χ0) is 22.1. The van der Waals surface area contributed by atoms with Crippen molar-refractivity contribution in [1.82, 2.24) is 4.90 Å². The van der Waals surface area contributed by atoms with Crippen molar-refractivity contribution in [3.8, 4) is 0 Å². The minimum atomic E-state index is -0.555. The molecular weight excluding hydrogens is 409 g/mol. The van der Waals surface area contributed by atoms with Gasteiger partial charge in [-0.05, 0) is 68.1 Å². The number of hydrogen-bond donors (Lipinski definition) is 0. The first kappa shape index (κ1) is 20.9. The number of para-hydroxylation sites is 1. The third kappa shape index (κ3) is 4.09. The molecule has 2 saturated heterocycles.